The number of hydrogen-bond acceptors (Lipinski definition) is 5. The smallest absolute Gasteiger partial charge is 0.394 e. The molecule has 0 bridgehead atoms. The first kappa shape index (κ1) is 24.6. The summed E-state index contributed by atoms with van der Waals surface area (Å²) in [5.74, 6) is -2.48. The van der Waals surface area contributed by atoms with Crippen molar-refractivity contribution in [1.82, 2.24) is 19.2 Å². The first-order valence-corrected chi connectivity index (χ1v) is 12.1. The van der Waals surface area contributed by atoms with Gasteiger partial charge in [-0.2, -0.15) is 17.5 Å². The number of nitrogens with zero attached hydrogens (tertiary/aromatic N) is 3. The van der Waals surface area contributed by atoms with Gasteiger partial charge in [0.15, 0.2) is 0 Å². The lowest BCUT2D eigenvalue weighted by atomic mass is 9.61. The molecule has 4 rings (SSSR count). The molecule has 8 nitrogen and oxygen atoms in total. The highest BCUT2D eigenvalue weighted by molar-refractivity contribution is 7.89. The minimum atomic E-state index is -4.65. The molecule has 1 spiro atoms. The third-order valence-electron chi connectivity index (χ3n) is 6.47. The van der Waals surface area contributed by atoms with Crippen molar-refractivity contribution in [3.05, 3.63) is 47.8 Å². The van der Waals surface area contributed by atoms with Gasteiger partial charge in [-0.1, -0.05) is 12.1 Å². The summed E-state index contributed by atoms with van der Waals surface area (Å²) in [6, 6.07) is 4.28. The number of carbonyl (C=O) groups excluding carboxylic acids is 1. The molecule has 1 saturated carbocycles. The van der Waals surface area contributed by atoms with Crippen LogP contribution in [0.2, 0.25) is 0 Å². The molecule has 2 heterocycles. The van der Waals surface area contributed by atoms with Gasteiger partial charge in [0.1, 0.15) is 10.7 Å². The summed E-state index contributed by atoms with van der Waals surface area (Å²) in [6.07, 6.45) is -3.09. The third kappa shape index (κ3) is 4.43. The number of H-pyrrole nitrogens is 1. The lowest BCUT2D eigenvalue weighted by molar-refractivity contribution is -0.149. The lowest BCUT2D eigenvalue weighted by Gasteiger charge is -2.60. The molecular formula is C21H24F4N4O4S. The zero-order valence-corrected chi connectivity index (χ0v) is 19.0. The Morgan fingerprint density at radius 2 is 1.97 bits per heavy atom. The molecule has 0 unspecified atom stereocenters. The molecule has 1 aromatic carbocycles. The maximum absolute atomic E-state index is 14.0. The fourth-order valence-electron chi connectivity index (χ4n) is 4.80. The van der Waals surface area contributed by atoms with Crippen LogP contribution in [0, 0.1) is 11.2 Å². The number of aromatic nitrogens is 2. The van der Waals surface area contributed by atoms with E-state index in [0.29, 0.717) is 12.8 Å². The van der Waals surface area contributed by atoms with Crippen LogP contribution in [0.5, 0.6) is 0 Å². The van der Waals surface area contributed by atoms with Crippen molar-refractivity contribution in [2.75, 3.05) is 19.7 Å². The Morgan fingerprint density at radius 3 is 2.53 bits per heavy atom. The van der Waals surface area contributed by atoms with Gasteiger partial charge in [0, 0.05) is 36.4 Å². The van der Waals surface area contributed by atoms with Crippen LogP contribution in [0.1, 0.15) is 31.3 Å². The van der Waals surface area contributed by atoms with Crippen LogP contribution in [0.3, 0.4) is 0 Å². The van der Waals surface area contributed by atoms with Gasteiger partial charge in [-0.15, -0.1) is 0 Å². The Labute approximate surface area is 193 Å². The van der Waals surface area contributed by atoms with Crippen LogP contribution in [-0.2, 0) is 27.4 Å². The van der Waals surface area contributed by atoms with Crippen LogP contribution in [-0.4, -0.2) is 70.4 Å². The van der Waals surface area contributed by atoms with E-state index < -0.39 is 39.8 Å². The maximum Gasteiger partial charge on any atom is 0.449 e. The Balaban J connectivity index is 1.40. The van der Waals surface area contributed by atoms with Crippen LogP contribution in [0.25, 0.3) is 0 Å². The van der Waals surface area contributed by atoms with Crippen molar-refractivity contribution in [2.24, 2.45) is 5.41 Å². The highest BCUT2D eigenvalue weighted by Gasteiger charge is 2.58. The molecule has 2 N–H and O–H groups in total. The summed E-state index contributed by atoms with van der Waals surface area (Å²) in [4.78, 5) is 19.3. The van der Waals surface area contributed by atoms with E-state index in [9.17, 15) is 35.9 Å². The first-order valence-electron chi connectivity index (χ1n) is 10.6. The zero-order chi connectivity index (χ0) is 24.9. The number of aromatic amines is 1. The van der Waals surface area contributed by atoms with Crippen molar-refractivity contribution in [3.8, 4) is 0 Å². The van der Waals surface area contributed by atoms with Gasteiger partial charge in [-0.05, 0) is 31.9 Å². The number of nitrogens with one attached hydrogen (secondary N) is 1. The summed E-state index contributed by atoms with van der Waals surface area (Å²) < 4.78 is 78.9. The summed E-state index contributed by atoms with van der Waals surface area (Å²) in [7, 11) is -3.97. The summed E-state index contributed by atoms with van der Waals surface area (Å²) >= 11 is 0. The van der Waals surface area contributed by atoms with Gasteiger partial charge < -0.3 is 15.0 Å². The van der Waals surface area contributed by atoms with Crippen molar-refractivity contribution in [2.45, 2.75) is 49.3 Å². The summed E-state index contributed by atoms with van der Waals surface area (Å²) in [6.45, 7) is 1.67. The number of imidazole rings is 1. The molecule has 1 aliphatic heterocycles. The minimum absolute atomic E-state index is 0.00676. The molecule has 34 heavy (non-hydrogen) atoms. The van der Waals surface area contributed by atoms with Gasteiger partial charge in [-0.25, -0.2) is 17.8 Å². The van der Waals surface area contributed by atoms with Crippen molar-refractivity contribution in [3.63, 3.8) is 0 Å². The van der Waals surface area contributed by atoms with Gasteiger partial charge in [0.25, 0.3) is 0 Å². The van der Waals surface area contributed by atoms with Gasteiger partial charge in [0.05, 0.1) is 19.1 Å². The number of sulfonamides is 1. The van der Waals surface area contributed by atoms with Crippen molar-refractivity contribution >= 4 is 15.9 Å². The second-order valence-electron chi connectivity index (χ2n) is 9.03. The molecule has 2 fully saturated rings. The van der Waals surface area contributed by atoms with E-state index in [1.54, 1.807) is 6.92 Å². The molecule has 1 atom stereocenters. The van der Waals surface area contributed by atoms with E-state index >= 15 is 0 Å². The molecule has 1 aromatic heterocycles. The highest BCUT2D eigenvalue weighted by atomic mass is 32.2. The molecule has 1 amide bonds. The standard InChI is InChI=1S/C21H24F4N4O4S/c1-13(10-30)29(18(31)6-14-9-26-19(27-14)21(23,24)25)15-7-20(8-15)11-28(12-20)34(32,33)17-5-3-2-4-16(17)22/h2-5,9,13,15,30H,6-8,10-12H2,1H3,(H,26,27)/t13-/m1/s1. The van der Waals surface area contributed by atoms with Gasteiger partial charge in [0.2, 0.25) is 21.8 Å². The number of benzene rings is 1. The second kappa shape index (κ2) is 8.61. The van der Waals surface area contributed by atoms with Crippen LogP contribution >= 0.6 is 0 Å². The third-order valence-corrected chi connectivity index (χ3v) is 8.30. The Bertz CT molecular complexity index is 1170. The monoisotopic (exact) mass is 504 g/mol. The number of aliphatic hydroxyl groups is 1. The fourth-order valence-corrected chi connectivity index (χ4v) is 6.53. The van der Waals surface area contributed by atoms with E-state index in [-0.39, 0.29) is 48.2 Å². The number of rotatable bonds is 7. The number of hydrogen-bond donors (Lipinski definition) is 2. The van der Waals surface area contributed by atoms with E-state index in [1.807, 2.05) is 0 Å². The molecule has 13 heteroatoms. The number of aliphatic hydroxyl groups excluding tert-OH is 1. The number of amides is 1. The van der Waals surface area contributed by atoms with E-state index in [2.05, 4.69) is 9.97 Å². The van der Waals surface area contributed by atoms with Crippen LogP contribution < -0.4 is 0 Å². The quantitative estimate of drug-likeness (QED) is 0.563. The number of carbonyl (C=O) groups is 1. The van der Waals surface area contributed by atoms with Crippen molar-refractivity contribution < 1.29 is 35.9 Å². The SMILES string of the molecule is C[C@H](CO)N(C(=O)Cc1cnc(C(F)(F)F)[nH]1)C1CC2(C1)CN(S(=O)(=O)c1ccccc1F)C2. The van der Waals surface area contributed by atoms with E-state index in [1.165, 1.54) is 27.4 Å². The lowest BCUT2D eigenvalue weighted by Crippen LogP contribution is -2.68. The van der Waals surface area contributed by atoms with Gasteiger partial charge >= 0.3 is 6.18 Å². The Hall–Kier alpha value is -2.51. The predicted octanol–water partition coefficient (Wildman–Crippen LogP) is 2.17. The average molecular weight is 505 g/mol. The molecular weight excluding hydrogens is 480 g/mol. The molecule has 1 saturated heterocycles. The van der Waals surface area contributed by atoms with E-state index in [4.69, 9.17) is 0 Å². The molecule has 2 aliphatic rings. The highest BCUT2D eigenvalue weighted by Crippen LogP contribution is 2.52. The predicted molar refractivity (Wildman–Crippen MR) is 111 cm³/mol. The van der Waals surface area contributed by atoms with Gasteiger partial charge in [-0.3, -0.25) is 4.79 Å². The first-order chi connectivity index (χ1) is 15.9. The van der Waals surface area contributed by atoms with Crippen LogP contribution in [0.15, 0.2) is 35.4 Å². The normalized spacial score (nSPS) is 19.5. The largest absolute Gasteiger partial charge is 0.449 e. The topological polar surface area (TPSA) is 107 Å². The average Bonchev–Trinajstić information content (AvgIpc) is 3.17. The minimum Gasteiger partial charge on any atom is -0.394 e. The van der Waals surface area contributed by atoms with Crippen molar-refractivity contribution in [1.29, 1.82) is 0 Å². The fraction of sp³-hybridized carbons (Fsp3) is 0.524. The number of alkyl halides is 3. The van der Waals surface area contributed by atoms with E-state index in [0.717, 1.165) is 12.3 Å². The summed E-state index contributed by atoms with van der Waals surface area (Å²) in [5, 5.41) is 9.62. The Kier molecular flexibility index (Phi) is 6.23. The van der Waals surface area contributed by atoms with Crippen LogP contribution in [0.4, 0.5) is 17.6 Å². The summed E-state index contributed by atoms with van der Waals surface area (Å²) in [5.41, 5.74) is -0.346. The maximum atomic E-state index is 14.0. The number of halogens is 4. The molecule has 186 valence electrons. The molecule has 0 radical (unpaired) electrons. The Morgan fingerprint density at radius 1 is 1.32 bits per heavy atom. The molecule has 1 aliphatic carbocycles. The second-order valence-corrected chi connectivity index (χ2v) is 10.9. The zero-order valence-electron chi connectivity index (χ0n) is 18.2. The molecule has 2 aromatic rings.